The molecule has 2 aromatic rings. The lowest BCUT2D eigenvalue weighted by Gasteiger charge is -2.16. The van der Waals surface area contributed by atoms with Crippen LogP contribution in [0.1, 0.15) is 40.8 Å². The van der Waals surface area contributed by atoms with Crippen molar-refractivity contribution < 1.29 is 0 Å². The van der Waals surface area contributed by atoms with Crippen LogP contribution in [0.25, 0.3) is 0 Å². The van der Waals surface area contributed by atoms with Gasteiger partial charge in [-0.15, -0.1) is 11.3 Å². The van der Waals surface area contributed by atoms with Gasteiger partial charge in [0.2, 0.25) is 0 Å². The van der Waals surface area contributed by atoms with Crippen LogP contribution in [-0.2, 0) is 12.8 Å². The normalized spacial score (nSPS) is 12.6. The molecule has 0 saturated carbocycles. The van der Waals surface area contributed by atoms with Gasteiger partial charge < -0.3 is 5.32 Å². The van der Waals surface area contributed by atoms with E-state index in [9.17, 15) is 0 Å². The fraction of sp³-hybridized carbons (Fsp3) is 0.412. The largest absolute Gasteiger partial charge is 0.309 e. The van der Waals surface area contributed by atoms with Gasteiger partial charge in [-0.25, -0.2) is 0 Å². The van der Waals surface area contributed by atoms with Crippen LogP contribution in [-0.4, -0.2) is 6.54 Å². The Morgan fingerprint density at radius 1 is 1.05 bits per heavy atom. The average molecular weight is 273 g/mol. The van der Waals surface area contributed by atoms with Crippen molar-refractivity contribution in [2.24, 2.45) is 0 Å². The monoisotopic (exact) mass is 273 g/mol. The van der Waals surface area contributed by atoms with E-state index in [0.717, 1.165) is 19.4 Å². The Morgan fingerprint density at radius 3 is 2.37 bits per heavy atom. The highest BCUT2D eigenvalue weighted by Gasteiger charge is 2.13. The molecule has 0 amide bonds. The van der Waals surface area contributed by atoms with E-state index in [1.807, 2.05) is 11.3 Å². The van der Waals surface area contributed by atoms with Crippen LogP contribution >= 0.6 is 11.3 Å². The van der Waals surface area contributed by atoms with Crippen LogP contribution < -0.4 is 5.32 Å². The quantitative estimate of drug-likeness (QED) is 0.816. The maximum atomic E-state index is 3.61. The van der Waals surface area contributed by atoms with Crippen molar-refractivity contribution in [2.45, 2.75) is 39.7 Å². The summed E-state index contributed by atoms with van der Waals surface area (Å²) in [5.74, 6) is 0. The molecule has 0 saturated heterocycles. The zero-order chi connectivity index (χ0) is 13.7. The summed E-state index contributed by atoms with van der Waals surface area (Å²) < 4.78 is 0. The van der Waals surface area contributed by atoms with Crippen molar-refractivity contribution in [1.29, 1.82) is 0 Å². The summed E-state index contributed by atoms with van der Waals surface area (Å²) in [6.07, 6.45) is 2.20. The highest BCUT2D eigenvalue weighted by Crippen LogP contribution is 2.26. The fourth-order valence-corrected chi connectivity index (χ4v) is 3.28. The van der Waals surface area contributed by atoms with Crippen LogP contribution in [0.15, 0.2) is 36.4 Å². The van der Waals surface area contributed by atoms with E-state index in [1.54, 1.807) is 0 Å². The maximum Gasteiger partial charge on any atom is 0.0455 e. The van der Waals surface area contributed by atoms with Gasteiger partial charge in [-0.2, -0.15) is 0 Å². The van der Waals surface area contributed by atoms with Gasteiger partial charge in [0.25, 0.3) is 0 Å². The van der Waals surface area contributed by atoms with Gasteiger partial charge in [-0.3, -0.25) is 0 Å². The van der Waals surface area contributed by atoms with Gasteiger partial charge in [0.15, 0.2) is 0 Å². The molecule has 0 aliphatic carbocycles. The van der Waals surface area contributed by atoms with E-state index in [0.29, 0.717) is 6.04 Å². The van der Waals surface area contributed by atoms with Crippen LogP contribution in [0.4, 0.5) is 0 Å². The van der Waals surface area contributed by atoms with Crippen molar-refractivity contribution >= 4 is 11.3 Å². The molecule has 0 radical (unpaired) electrons. The summed E-state index contributed by atoms with van der Waals surface area (Å²) in [6, 6.07) is 13.9. The van der Waals surface area contributed by atoms with E-state index in [-0.39, 0.29) is 0 Å². The SMILES string of the molecule is CCNC(Cc1ccc(C)cc1)c1ccc(CC)s1. The topological polar surface area (TPSA) is 12.0 Å². The Labute approximate surface area is 120 Å². The Bertz CT molecular complexity index is 498. The lowest BCUT2D eigenvalue weighted by Crippen LogP contribution is -2.22. The number of thiophene rings is 1. The first-order chi connectivity index (χ1) is 9.22. The number of hydrogen-bond acceptors (Lipinski definition) is 2. The molecular weight excluding hydrogens is 250 g/mol. The first-order valence-electron chi connectivity index (χ1n) is 7.10. The maximum absolute atomic E-state index is 3.61. The number of benzene rings is 1. The van der Waals surface area contributed by atoms with Crippen LogP contribution in [0.3, 0.4) is 0 Å². The molecule has 102 valence electrons. The molecule has 1 unspecified atom stereocenters. The van der Waals surface area contributed by atoms with Crippen LogP contribution in [0, 0.1) is 6.92 Å². The molecule has 0 bridgehead atoms. The fourth-order valence-electron chi connectivity index (χ4n) is 2.25. The molecule has 0 fully saturated rings. The second kappa shape index (κ2) is 6.88. The standard InChI is InChI=1S/C17H23NS/c1-4-15-10-11-17(19-15)16(18-5-2)12-14-8-6-13(3)7-9-14/h6-11,16,18H,4-5,12H2,1-3H3. The average Bonchev–Trinajstić information content (AvgIpc) is 2.89. The van der Waals surface area contributed by atoms with Gasteiger partial charge in [0, 0.05) is 15.8 Å². The highest BCUT2D eigenvalue weighted by atomic mass is 32.1. The van der Waals surface area contributed by atoms with E-state index < -0.39 is 0 Å². The van der Waals surface area contributed by atoms with Gasteiger partial charge in [0.05, 0.1) is 0 Å². The van der Waals surface area contributed by atoms with Crippen molar-refractivity contribution in [2.75, 3.05) is 6.54 Å². The minimum Gasteiger partial charge on any atom is -0.309 e. The zero-order valence-corrected chi connectivity index (χ0v) is 12.9. The molecule has 0 aliphatic rings. The molecule has 0 aliphatic heterocycles. The molecule has 1 atom stereocenters. The van der Waals surface area contributed by atoms with Crippen LogP contribution in [0.2, 0.25) is 0 Å². The van der Waals surface area contributed by atoms with Gasteiger partial charge >= 0.3 is 0 Å². The molecule has 0 spiro atoms. The second-order valence-corrected chi connectivity index (χ2v) is 6.16. The predicted molar refractivity (Wildman–Crippen MR) is 85.0 cm³/mol. The minimum absolute atomic E-state index is 0.443. The number of nitrogens with one attached hydrogen (secondary N) is 1. The van der Waals surface area contributed by atoms with E-state index >= 15 is 0 Å². The van der Waals surface area contributed by atoms with E-state index in [1.165, 1.54) is 20.9 Å². The van der Waals surface area contributed by atoms with Gasteiger partial charge in [-0.1, -0.05) is 43.7 Å². The molecule has 1 aromatic carbocycles. The third-order valence-electron chi connectivity index (χ3n) is 3.39. The molecule has 2 heteroatoms. The number of aryl methyl sites for hydroxylation is 2. The zero-order valence-electron chi connectivity index (χ0n) is 12.1. The Balaban J connectivity index is 2.13. The Morgan fingerprint density at radius 2 is 1.79 bits per heavy atom. The Kier molecular flexibility index (Phi) is 5.17. The first-order valence-corrected chi connectivity index (χ1v) is 7.92. The first kappa shape index (κ1) is 14.3. The lowest BCUT2D eigenvalue weighted by atomic mass is 10.0. The Hall–Kier alpha value is -1.12. The molecule has 1 N–H and O–H groups in total. The summed E-state index contributed by atoms with van der Waals surface area (Å²) >= 11 is 1.94. The summed E-state index contributed by atoms with van der Waals surface area (Å²) in [7, 11) is 0. The summed E-state index contributed by atoms with van der Waals surface area (Å²) in [5, 5.41) is 3.61. The third-order valence-corrected chi connectivity index (χ3v) is 4.73. The minimum atomic E-state index is 0.443. The molecule has 19 heavy (non-hydrogen) atoms. The van der Waals surface area contributed by atoms with Gasteiger partial charge in [-0.05, 0) is 44.0 Å². The smallest absolute Gasteiger partial charge is 0.0455 e. The lowest BCUT2D eigenvalue weighted by molar-refractivity contribution is 0.558. The summed E-state index contributed by atoms with van der Waals surface area (Å²) in [4.78, 5) is 2.93. The van der Waals surface area contributed by atoms with Crippen molar-refractivity contribution in [3.8, 4) is 0 Å². The second-order valence-electron chi connectivity index (χ2n) is 4.96. The summed E-state index contributed by atoms with van der Waals surface area (Å²) in [5.41, 5.74) is 2.73. The predicted octanol–water partition coefficient (Wildman–Crippen LogP) is 4.51. The van der Waals surface area contributed by atoms with E-state index in [2.05, 4.69) is 62.5 Å². The number of likely N-dealkylation sites (N-methyl/N-ethyl adjacent to an activating group) is 1. The molecular formula is C17H23NS. The summed E-state index contributed by atoms with van der Waals surface area (Å²) in [6.45, 7) is 7.54. The van der Waals surface area contributed by atoms with Crippen molar-refractivity contribution in [3.05, 3.63) is 57.3 Å². The van der Waals surface area contributed by atoms with Crippen LogP contribution in [0.5, 0.6) is 0 Å². The van der Waals surface area contributed by atoms with Crippen molar-refractivity contribution in [1.82, 2.24) is 5.32 Å². The molecule has 1 nitrogen and oxygen atoms in total. The number of rotatable bonds is 6. The molecule has 2 rings (SSSR count). The number of hydrogen-bond donors (Lipinski definition) is 1. The third kappa shape index (κ3) is 3.92. The molecule has 1 heterocycles. The van der Waals surface area contributed by atoms with Gasteiger partial charge in [0.1, 0.15) is 0 Å². The highest BCUT2D eigenvalue weighted by molar-refractivity contribution is 7.12. The van der Waals surface area contributed by atoms with Crippen molar-refractivity contribution in [3.63, 3.8) is 0 Å². The molecule has 1 aromatic heterocycles. The van der Waals surface area contributed by atoms with E-state index in [4.69, 9.17) is 0 Å².